The molecule has 1 aliphatic carbocycles. The highest BCUT2D eigenvalue weighted by Gasteiger charge is 2.35. The van der Waals surface area contributed by atoms with E-state index in [-0.39, 0.29) is 5.41 Å². The lowest BCUT2D eigenvalue weighted by atomic mass is 9.84. The molecule has 1 aliphatic heterocycles. The first-order valence-corrected chi connectivity index (χ1v) is 8.37. The lowest BCUT2D eigenvalue weighted by Gasteiger charge is -2.19. The minimum absolute atomic E-state index is 0.195. The van der Waals surface area contributed by atoms with Crippen LogP contribution in [0, 0.1) is 5.41 Å². The monoisotopic (exact) mass is 268 g/mol. The first-order chi connectivity index (χ1) is 8.59. The van der Waals surface area contributed by atoms with Crippen molar-refractivity contribution in [1.82, 2.24) is 0 Å². The fourth-order valence-electron chi connectivity index (χ4n) is 2.35. The molecule has 1 saturated carbocycles. The van der Waals surface area contributed by atoms with Crippen molar-refractivity contribution in [2.75, 3.05) is 0 Å². The smallest absolute Gasteiger partial charge is 0.202 e. The molecular weight excluding hydrogens is 240 g/mol. The highest BCUT2D eigenvalue weighted by molar-refractivity contribution is 8.16. The Kier molecular flexibility index (Phi) is 7.06. The van der Waals surface area contributed by atoms with E-state index in [4.69, 9.17) is 0 Å². The van der Waals surface area contributed by atoms with Crippen molar-refractivity contribution in [1.29, 1.82) is 0 Å². The van der Waals surface area contributed by atoms with E-state index in [1.54, 1.807) is 0 Å². The molecule has 0 aromatic rings. The Labute approximate surface area is 117 Å². The second-order valence-corrected chi connectivity index (χ2v) is 6.74. The molecular formula is C16H28OS. The van der Waals surface area contributed by atoms with Crippen LogP contribution in [0.15, 0.2) is 11.0 Å². The van der Waals surface area contributed by atoms with Crippen molar-refractivity contribution in [3.8, 4) is 0 Å². The maximum Gasteiger partial charge on any atom is 0.202 e. The summed E-state index contributed by atoms with van der Waals surface area (Å²) in [7, 11) is 0. The summed E-state index contributed by atoms with van der Waals surface area (Å²) in [6.07, 6.45) is 12.5. The Morgan fingerprint density at radius 3 is 1.94 bits per heavy atom. The number of carbonyl (C=O) groups excluding carboxylic acids is 1. The summed E-state index contributed by atoms with van der Waals surface area (Å²) in [5, 5.41) is 2.34. The van der Waals surface area contributed by atoms with Crippen LogP contribution in [0.4, 0.5) is 0 Å². The van der Waals surface area contributed by atoms with Crippen LogP contribution >= 0.6 is 11.8 Å². The number of thioether (sulfide) groups is 1. The lowest BCUT2D eigenvalue weighted by Crippen LogP contribution is -2.19. The molecule has 0 aromatic carbocycles. The van der Waals surface area contributed by atoms with Gasteiger partial charge in [0.2, 0.25) is 5.12 Å². The number of rotatable bonds is 3. The summed E-state index contributed by atoms with van der Waals surface area (Å²) in [5.74, 6) is 0. The number of carbonyl (C=O) groups is 1. The molecule has 2 heteroatoms. The van der Waals surface area contributed by atoms with E-state index >= 15 is 0 Å². The van der Waals surface area contributed by atoms with E-state index in [0.717, 1.165) is 6.42 Å². The van der Waals surface area contributed by atoms with Crippen molar-refractivity contribution in [3.05, 3.63) is 11.0 Å². The van der Waals surface area contributed by atoms with Gasteiger partial charge in [0, 0.05) is 0 Å². The standard InChI is InChI=1S/C10H16OS.C6H12/c1-4-5-6-8-7-12-9(11)10(8,2)3;1-2-4-6-5-3-1/h7H,4-6H2,1-3H3;1-6H2. The third-order valence-corrected chi connectivity index (χ3v) is 5.05. The molecule has 0 amide bonds. The summed E-state index contributed by atoms with van der Waals surface area (Å²) in [5.41, 5.74) is 1.12. The van der Waals surface area contributed by atoms with Gasteiger partial charge in [-0.2, -0.15) is 0 Å². The quantitative estimate of drug-likeness (QED) is 0.653. The second-order valence-electron chi connectivity index (χ2n) is 5.90. The van der Waals surface area contributed by atoms with Crippen molar-refractivity contribution in [2.45, 2.75) is 78.6 Å². The molecule has 0 saturated heterocycles. The molecule has 1 fully saturated rings. The topological polar surface area (TPSA) is 17.1 Å². The Bertz CT molecular complexity index is 276. The van der Waals surface area contributed by atoms with E-state index in [2.05, 4.69) is 6.92 Å². The largest absolute Gasteiger partial charge is 0.286 e. The highest BCUT2D eigenvalue weighted by atomic mass is 32.2. The van der Waals surface area contributed by atoms with Crippen molar-refractivity contribution < 1.29 is 4.79 Å². The van der Waals surface area contributed by atoms with Gasteiger partial charge in [0.15, 0.2) is 0 Å². The summed E-state index contributed by atoms with van der Waals surface area (Å²) in [6, 6.07) is 0. The SMILES string of the molecule is C1CCCCC1.CCCCC1=CSC(=O)C1(C)C. The minimum atomic E-state index is -0.195. The van der Waals surface area contributed by atoms with Gasteiger partial charge < -0.3 is 0 Å². The van der Waals surface area contributed by atoms with Gasteiger partial charge in [0.1, 0.15) is 0 Å². The first kappa shape index (κ1) is 15.8. The molecule has 0 atom stereocenters. The fourth-order valence-corrected chi connectivity index (χ4v) is 3.44. The van der Waals surface area contributed by atoms with Crippen LogP contribution in [0.25, 0.3) is 0 Å². The molecule has 0 spiro atoms. The normalized spacial score (nSPS) is 22.2. The van der Waals surface area contributed by atoms with Crippen LogP contribution in [0.3, 0.4) is 0 Å². The third kappa shape index (κ3) is 4.79. The van der Waals surface area contributed by atoms with E-state index in [9.17, 15) is 4.79 Å². The predicted molar refractivity (Wildman–Crippen MR) is 81.7 cm³/mol. The first-order valence-electron chi connectivity index (χ1n) is 7.49. The van der Waals surface area contributed by atoms with Crippen LogP contribution in [0.5, 0.6) is 0 Å². The zero-order valence-corrected chi connectivity index (χ0v) is 13.1. The van der Waals surface area contributed by atoms with Crippen LogP contribution in [-0.2, 0) is 4.79 Å². The molecule has 0 bridgehead atoms. The number of hydrogen-bond acceptors (Lipinski definition) is 2. The average molecular weight is 268 g/mol. The molecule has 1 heterocycles. The molecule has 0 N–H and O–H groups in total. The number of unbranched alkanes of at least 4 members (excludes halogenated alkanes) is 1. The van der Waals surface area contributed by atoms with E-state index in [1.807, 2.05) is 19.3 Å². The number of hydrogen-bond donors (Lipinski definition) is 0. The summed E-state index contributed by atoms with van der Waals surface area (Å²) >= 11 is 1.36. The van der Waals surface area contributed by atoms with Crippen molar-refractivity contribution >= 4 is 16.9 Å². The Morgan fingerprint density at radius 1 is 1.11 bits per heavy atom. The van der Waals surface area contributed by atoms with Crippen LogP contribution in [0.2, 0.25) is 0 Å². The number of allylic oxidation sites excluding steroid dienone is 1. The Morgan fingerprint density at radius 2 is 1.61 bits per heavy atom. The molecule has 2 aliphatic rings. The van der Waals surface area contributed by atoms with Gasteiger partial charge in [-0.1, -0.05) is 63.6 Å². The van der Waals surface area contributed by atoms with Crippen LogP contribution < -0.4 is 0 Å². The Balaban J connectivity index is 0.000000225. The van der Waals surface area contributed by atoms with Gasteiger partial charge in [-0.25, -0.2) is 0 Å². The molecule has 104 valence electrons. The molecule has 0 unspecified atom stereocenters. The zero-order chi connectivity index (χ0) is 13.4. The maximum absolute atomic E-state index is 11.4. The van der Waals surface area contributed by atoms with E-state index in [0.29, 0.717) is 5.12 Å². The predicted octanol–water partition coefficient (Wildman–Crippen LogP) is 5.70. The van der Waals surface area contributed by atoms with Gasteiger partial charge in [0.25, 0.3) is 0 Å². The zero-order valence-electron chi connectivity index (χ0n) is 12.3. The van der Waals surface area contributed by atoms with Crippen molar-refractivity contribution in [2.24, 2.45) is 5.41 Å². The van der Waals surface area contributed by atoms with E-state index in [1.165, 1.54) is 68.7 Å². The van der Waals surface area contributed by atoms with Gasteiger partial charge in [-0.05, 0) is 37.7 Å². The highest BCUT2D eigenvalue weighted by Crippen LogP contribution is 2.42. The van der Waals surface area contributed by atoms with Crippen molar-refractivity contribution in [3.63, 3.8) is 0 Å². The second kappa shape index (κ2) is 8.04. The fraction of sp³-hybridized carbons (Fsp3) is 0.812. The molecule has 2 rings (SSSR count). The summed E-state index contributed by atoms with van der Waals surface area (Å²) in [4.78, 5) is 11.4. The summed E-state index contributed by atoms with van der Waals surface area (Å²) in [6.45, 7) is 6.23. The van der Waals surface area contributed by atoms with Crippen LogP contribution in [0.1, 0.15) is 78.6 Å². The maximum atomic E-state index is 11.4. The van der Waals surface area contributed by atoms with E-state index < -0.39 is 0 Å². The van der Waals surface area contributed by atoms with Gasteiger partial charge in [-0.3, -0.25) is 4.79 Å². The average Bonchev–Trinajstić information content (AvgIpc) is 2.65. The van der Waals surface area contributed by atoms with Gasteiger partial charge >= 0.3 is 0 Å². The molecule has 0 aromatic heterocycles. The van der Waals surface area contributed by atoms with Gasteiger partial charge in [-0.15, -0.1) is 0 Å². The third-order valence-electron chi connectivity index (χ3n) is 3.92. The minimum Gasteiger partial charge on any atom is -0.286 e. The van der Waals surface area contributed by atoms with Crippen LogP contribution in [-0.4, -0.2) is 5.12 Å². The Hall–Kier alpha value is -0.240. The lowest BCUT2D eigenvalue weighted by molar-refractivity contribution is -0.116. The molecule has 1 nitrogen and oxygen atoms in total. The molecule has 18 heavy (non-hydrogen) atoms. The van der Waals surface area contributed by atoms with Gasteiger partial charge in [0.05, 0.1) is 5.41 Å². The molecule has 0 radical (unpaired) electrons. The summed E-state index contributed by atoms with van der Waals surface area (Å²) < 4.78 is 0.